The number of carbonyl (C=O) groups excluding carboxylic acids is 1. The second-order valence-corrected chi connectivity index (χ2v) is 9.57. The zero-order valence-corrected chi connectivity index (χ0v) is 17.6. The first-order valence-corrected chi connectivity index (χ1v) is 10.7. The van der Waals surface area contributed by atoms with Crippen molar-refractivity contribution in [1.29, 1.82) is 0 Å². The second-order valence-electron chi connectivity index (χ2n) is 7.80. The van der Waals surface area contributed by atoms with Crippen molar-refractivity contribution in [1.82, 2.24) is 4.72 Å². The number of nitrogens with one attached hydrogen (secondary N) is 1. The summed E-state index contributed by atoms with van der Waals surface area (Å²) in [6, 6.07) is 12.1. The van der Waals surface area contributed by atoms with Gasteiger partial charge in [0.2, 0.25) is 15.9 Å². The van der Waals surface area contributed by atoms with Crippen molar-refractivity contribution in [3.05, 3.63) is 53.6 Å². The minimum atomic E-state index is -3.71. The Morgan fingerprint density at radius 2 is 1.75 bits per heavy atom. The fourth-order valence-electron chi connectivity index (χ4n) is 3.34. The van der Waals surface area contributed by atoms with Gasteiger partial charge in [-0.3, -0.25) is 4.79 Å². The average molecular weight is 403 g/mol. The predicted molar refractivity (Wildman–Crippen MR) is 109 cm³/mol. The van der Waals surface area contributed by atoms with E-state index in [4.69, 9.17) is 4.74 Å². The van der Waals surface area contributed by atoms with Crippen LogP contribution in [0.2, 0.25) is 0 Å². The molecule has 0 bridgehead atoms. The highest BCUT2D eigenvalue weighted by Gasteiger charge is 2.42. The van der Waals surface area contributed by atoms with Gasteiger partial charge in [0.05, 0.1) is 16.4 Å². The van der Waals surface area contributed by atoms with E-state index in [1.807, 2.05) is 52.0 Å². The first-order valence-electron chi connectivity index (χ1n) is 9.20. The molecule has 150 valence electrons. The Morgan fingerprint density at radius 1 is 1.11 bits per heavy atom. The van der Waals surface area contributed by atoms with Crippen LogP contribution >= 0.6 is 0 Å². The molecule has 0 unspecified atom stereocenters. The quantitative estimate of drug-likeness (QED) is 0.805. The van der Waals surface area contributed by atoms with E-state index in [1.54, 1.807) is 24.1 Å². The van der Waals surface area contributed by atoms with E-state index in [2.05, 4.69) is 4.72 Å². The standard InChI is InChI=1S/C21H26N2O4S/c1-14(2)27-16-8-6-15(7-9-16)13-22-28(25,26)17-10-11-19-18(12-17)21(3,4)20(24)23(19)5/h6-12,14,22H,13H2,1-5H3. The molecule has 1 aliphatic rings. The van der Waals surface area contributed by atoms with Gasteiger partial charge in [-0.1, -0.05) is 12.1 Å². The highest BCUT2D eigenvalue weighted by atomic mass is 32.2. The molecule has 0 radical (unpaired) electrons. The van der Waals surface area contributed by atoms with Gasteiger partial charge < -0.3 is 9.64 Å². The lowest BCUT2D eigenvalue weighted by atomic mass is 9.86. The number of sulfonamides is 1. The molecule has 0 spiro atoms. The van der Waals surface area contributed by atoms with Crippen LogP contribution in [0.1, 0.15) is 38.8 Å². The van der Waals surface area contributed by atoms with Crippen LogP contribution in [0.5, 0.6) is 5.75 Å². The minimum Gasteiger partial charge on any atom is -0.491 e. The van der Waals surface area contributed by atoms with Crippen molar-refractivity contribution in [3.8, 4) is 5.75 Å². The number of carbonyl (C=O) groups is 1. The normalized spacial score (nSPS) is 15.8. The Bertz CT molecular complexity index is 996. The van der Waals surface area contributed by atoms with Gasteiger partial charge in [0.1, 0.15) is 5.75 Å². The van der Waals surface area contributed by atoms with E-state index in [1.165, 1.54) is 6.07 Å². The third kappa shape index (κ3) is 3.77. The molecule has 0 aromatic heterocycles. The summed E-state index contributed by atoms with van der Waals surface area (Å²) in [5, 5.41) is 0. The zero-order chi connectivity index (χ0) is 20.7. The number of likely N-dealkylation sites (N-methyl/N-ethyl adjacent to an activating group) is 1. The fraction of sp³-hybridized carbons (Fsp3) is 0.381. The summed E-state index contributed by atoms with van der Waals surface area (Å²) < 4.78 is 33.7. The molecule has 7 heteroatoms. The molecule has 1 N–H and O–H groups in total. The van der Waals surface area contributed by atoms with Crippen molar-refractivity contribution in [3.63, 3.8) is 0 Å². The number of ether oxygens (including phenoxy) is 1. The van der Waals surface area contributed by atoms with Gasteiger partial charge in [-0.15, -0.1) is 0 Å². The maximum absolute atomic E-state index is 12.8. The van der Waals surface area contributed by atoms with E-state index in [0.29, 0.717) is 0 Å². The van der Waals surface area contributed by atoms with Crippen LogP contribution in [0, 0.1) is 0 Å². The van der Waals surface area contributed by atoms with Gasteiger partial charge in [-0.05, 0) is 69.2 Å². The van der Waals surface area contributed by atoms with Gasteiger partial charge in [-0.25, -0.2) is 13.1 Å². The van der Waals surface area contributed by atoms with Crippen LogP contribution < -0.4 is 14.4 Å². The van der Waals surface area contributed by atoms with Crippen molar-refractivity contribution in [2.45, 2.75) is 50.7 Å². The molecular formula is C21H26N2O4S. The van der Waals surface area contributed by atoms with Crippen molar-refractivity contribution < 1.29 is 17.9 Å². The highest BCUT2D eigenvalue weighted by Crippen LogP contribution is 2.41. The van der Waals surface area contributed by atoms with Crippen LogP contribution in [0.4, 0.5) is 5.69 Å². The summed E-state index contributed by atoms with van der Waals surface area (Å²) in [5.41, 5.74) is 1.55. The molecule has 0 fully saturated rings. The Labute approximate surface area is 166 Å². The van der Waals surface area contributed by atoms with E-state index < -0.39 is 15.4 Å². The third-order valence-electron chi connectivity index (χ3n) is 4.91. The maximum atomic E-state index is 12.8. The molecule has 6 nitrogen and oxygen atoms in total. The number of rotatable bonds is 6. The van der Waals surface area contributed by atoms with Crippen LogP contribution in [-0.2, 0) is 26.8 Å². The highest BCUT2D eigenvalue weighted by molar-refractivity contribution is 7.89. The first-order chi connectivity index (χ1) is 13.0. The molecule has 0 atom stereocenters. The van der Waals surface area contributed by atoms with Crippen LogP contribution in [0.25, 0.3) is 0 Å². The summed E-state index contributed by atoms with van der Waals surface area (Å²) >= 11 is 0. The maximum Gasteiger partial charge on any atom is 0.240 e. The largest absolute Gasteiger partial charge is 0.491 e. The van der Waals surface area contributed by atoms with Crippen molar-refractivity contribution in [2.75, 3.05) is 11.9 Å². The van der Waals surface area contributed by atoms with Crippen LogP contribution in [0.3, 0.4) is 0 Å². The summed E-state index contributed by atoms with van der Waals surface area (Å²) in [5.74, 6) is 0.699. The molecule has 2 aromatic rings. The number of amides is 1. The molecule has 2 aromatic carbocycles. The fourth-order valence-corrected chi connectivity index (χ4v) is 4.38. The lowest BCUT2D eigenvalue weighted by molar-refractivity contribution is -0.121. The molecule has 1 amide bonds. The SMILES string of the molecule is CC(C)Oc1ccc(CNS(=O)(=O)c2ccc3c(c2)C(C)(C)C(=O)N3C)cc1. The summed E-state index contributed by atoms with van der Waals surface area (Å²) in [6.45, 7) is 7.69. The number of hydrogen-bond acceptors (Lipinski definition) is 4. The summed E-state index contributed by atoms with van der Waals surface area (Å²) in [7, 11) is -2.00. The zero-order valence-electron chi connectivity index (χ0n) is 16.8. The molecule has 3 rings (SSSR count). The second kappa shape index (κ2) is 7.22. The Hall–Kier alpha value is -2.38. The van der Waals surface area contributed by atoms with E-state index in [0.717, 1.165) is 22.6 Å². The smallest absolute Gasteiger partial charge is 0.240 e. The topological polar surface area (TPSA) is 75.7 Å². The molecule has 0 saturated carbocycles. The van der Waals surface area contributed by atoms with Crippen molar-refractivity contribution >= 4 is 21.6 Å². The number of nitrogens with zero attached hydrogens (tertiary/aromatic N) is 1. The lowest BCUT2D eigenvalue weighted by Crippen LogP contribution is -2.33. The molecule has 0 saturated heterocycles. The number of hydrogen-bond donors (Lipinski definition) is 1. The number of anilines is 1. The predicted octanol–water partition coefficient (Wildman–Crippen LogP) is 3.21. The molecular weight excluding hydrogens is 376 g/mol. The third-order valence-corrected chi connectivity index (χ3v) is 6.31. The van der Waals surface area contributed by atoms with Gasteiger partial charge in [0.25, 0.3) is 0 Å². The van der Waals surface area contributed by atoms with Gasteiger partial charge in [0.15, 0.2) is 0 Å². The number of benzene rings is 2. The molecule has 1 aliphatic heterocycles. The molecule has 0 aliphatic carbocycles. The van der Waals surface area contributed by atoms with E-state index >= 15 is 0 Å². The van der Waals surface area contributed by atoms with Crippen molar-refractivity contribution in [2.24, 2.45) is 0 Å². The Morgan fingerprint density at radius 3 is 2.36 bits per heavy atom. The van der Waals surface area contributed by atoms with Gasteiger partial charge in [0, 0.05) is 19.3 Å². The Kier molecular flexibility index (Phi) is 5.25. The average Bonchev–Trinajstić information content (AvgIpc) is 2.81. The summed E-state index contributed by atoms with van der Waals surface area (Å²) in [4.78, 5) is 14.1. The van der Waals surface area contributed by atoms with Crippen LogP contribution in [-0.4, -0.2) is 27.5 Å². The monoisotopic (exact) mass is 402 g/mol. The summed E-state index contributed by atoms with van der Waals surface area (Å²) in [6.07, 6.45) is 0.0827. The molecule has 1 heterocycles. The minimum absolute atomic E-state index is 0.0475. The van der Waals surface area contributed by atoms with Gasteiger partial charge in [-0.2, -0.15) is 0 Å². The van der Waals surface area contributed by atoms with E-state index in [9.17, 15) is 13.2 Å². The van der Waals surface area contributed by atoms with E-state index in [-0.39, 0.29) is 23.5 Å². The lowest BCUT2D eigenvalue weighted by Gasteiger charge is -2.17. The van der Waals surface area contributed by atoms with Gasteiger partial charge >= 0.3 is 0 Å². The first kappa shape index (κ1) is 20.4. The number of fused-ring (bicyclic) bond motifs is 1. The van der Waals surface area contributed by atoms with Crippen LogP contribution in [0.15, 0.2) is 47.4 Å². The molecule has 28 heavy (non-hydrogen) atoms. The Balaban J connectivity index is 1.77.